The van der Waals surface area contributed by atoms with E-state index in [1.165, 1.54) is 10.4 Å². The Balaban J connectivity index is 1.79. The first-order valence-electron chi connectivity index (χ1n) is 12.7. The summed E-state index contributed by atoms with van der Waals surface area (Å²) in [6.45, 7) is 11.9. The summed E-state index contributed by atoms with van der Waals surface area (Å²) < 4.78 is 7.33. The van der Waals surface area contributed by atoms with Crippen molar-refractivity contribution >= 4 is 24.5 Å². The molecule has 2 saturated carbocycles. The third-order valence-corrected chi connectivity index (χ3v) is 13.4. The van der Waals surface area contributed by atoms with Crippen LogP contribution in [0, 0.1) is 29.6 Å². The largest absolute Gasteiger partial charge is 0.407 e. The van der Waals surface area contributed by atoms with Crippen molar-refractivity contribution in [2.45, 2.75) is 64.3 Å². The first-order valence-corrected chi connectivity index (χ1v) is 14.6. The average Bonchev–Trinajstić information content (AvgIpc) is 2.84. The Morgan fingerprint density at radius 3 is 2.15 bits per heavy atom. The van der Waals surface area contributed by atoms with Gasteiger partial charge in [-0.15, -0.1) is 12.3 Å². The predicted octanol–water partition coefficient (Wildman–Crippen LogP) is 5.91. The van der Waals surface area contributed by atoms with Gasteiger partial charge in [-0.3, -0.25) is 4.79 Å². The van der Waals surface area contributed by atoms with Crippen molar-refractivity contribution in [1.82, 2.24) is 0 Å². The van der Waals surface area contributed by atoms with Crippen molar-refractivity contribution in [1.29, 1.82) is 0 Å². The highest BCUT2D eigenvalue weighted by atomic mass is 28.4. The first kappa shape index (κ1) is 24.7. The molecular weight excluding hydrogens is 432 g/mol. The molecule has 4 rings (SSSR count). The lowest BCUT2D eigenvalue weighted by atomic mass is 9.52. The van der Waals surface area contributed by atoms with Gasteiger partial charge in [0.1, 0.15) is 0 Å². The summed E-state index contributed by atoms with van der Waals surface area (Å²) in [5.74, 6) is 3.55. The topological polar surface area (TPSA) is 26.3 Å². The average molecular weight is 471 g/mol. The molecule has 0 heterocycles. The molecule has 0 radical (unpaired) electrons. The quantitative estimate of drug-likeness (QED) is 0.309. The van der Waals surface area contributed by atoms with Crippen LogP contribution in [0.25, 0.3) is 0 Å². The molecule has 0 aromatic heterocycles. The molecule has 0 unspecified atom stereocenters. The maximum atomic E-state index is 12.9. The van der Waals surface area contributed by atoms with E-state index in [0.29, 0.717) is 13.0 Å². The summed E-state index contributed by atoms with van der Waals surface area (Å²) >= 11 is 0. The van der Waals surface area contributed by atoms with E-state index >= 15 is 0 Å². The fraction of sp³-hybridized carbons (Fsp3) is 0.452. The molecule has 3 heteroatoms. The van der Waals surface area contributed by atoms with Gasteiger partial charge in [0.2, 0.25) is 0 Å². The molecule has 0 amide bonds. The third-order valence-electron chi connectivity index (χ3n) is 8.41. The van der Waals surface area contributed by atoms with Gasteiger partial charge < -0.3 is 4.43 Å². The van der Waals surface area contributed by atoms with Crippen LogP contribution >= 0.6 is 0 Å². The Bertz CT molecular complexity index is 1020. The molecule has 0 saturated heterocycles. The summed E-state index contributed by atoms with van der Waals surface area (Å²) in [5.41, 5.74) is 0.436. The maximum absolute atomic E-state index is 12.9. The molecule has 2 aromatic rings. The molecule has 3 atom stereocenters. The van der Waals surface area contributed by atoms with E-state index in [2.05, 4.69) is 93.9 Å². The van der Waals surface area contributed by atoms with E-state index < -0.39 is 8.32 Å². The van der Waals surface area contributed by atoms with Gasteiger partial charge in [0, 0.05) is 24.4 Å². The number of ketones is 1. The minimum atomic E-state index is -2.65. The van der Waals surface area contributed by atoms with E-state index in [9.17, 15) is 4.79 Å². The van der Waals surface area contributed by atoms with Gasteiger partial charge in [-0.25, -0.2) is 0 Å². The highest BCUT2D eigenvalue weighted by Crippen LogP contribution is 2.56. The van der Waals surface area contributed by atoms with E-state index in [1.54, 1.807) is 0 Å². The fourth-order valence-electron chi connectivity index (χ4n) is 6.76. The summed E-state index contributed by atoms with van der Waals surface area (Å²) in [6, 6.07) is 21.5. The van der Waals surface area contributed by atoms with Crippen LogP contribution in [0.3, 0.4) is 0 Å². The Kier molecular flexibility index (Phi) is 7.03. The molecule has 2 aromatic carbocycles. The van der Waals surface area contributed by atoms with Crippen molar-refractivity contribution < 1.29 is 9.22 Å². The zero-order valence-corrected chi connectivity index (χ0v) is 22.0. The standard InChI is InChI=1S/C31H38O2Si/c1-6-25-15-13-16-26(31(25)22-14-21-29(32)24(31)2)23-33-34(30(3,4)5,27-17-9-7-10-18-27)28-19-11-8-12-20-28/h1,7-12,17-20,25-26H,2,13-16,21-23H2,3-5H3/t25-,26-,31+/m1/s1. The van der Waals surface area contributed by atoms with Crippen LogP contribution in [0.15, 0.2) is 72.8 Å². The zero-order chi connectivity index (χ0) is 24.4. The number of hydrogen-bond acceptors (Lipinski definition) is 2. The number of terminal acetylenes is 1. The SMILES string of the molecule is C#C[C@@H]1CCC[C@H](CO[Si](c2ccccc2)(c2ccccc2)C(C)(C)C)[C@]12CCCC(=O)C2=C. The van der Waals surface area contributed by atoms with Gasteiger partial charge in [0.15, 0.2) is 5.78 Å². The van der Waals surface area contributed by atoms with Gasteiger partial charge in [0.05, 0.1) is 0 Å². The van der Waals surface area contributed by atoms with E-state index in [-0.39, 0.29) is 28.1 Å². The second kappa shape index (κ2) is 9.68. The lowest BCUT2D eigenvalue weighted by Gasteiger charge is -2.52. The van der Waals surface area contributed by atoms with Crippen molar-refractivity contribution in [3.63, 3.8) is 0 Å². The second-order valence-electron chi connectivity index (χ2n) is 11.1. The highest BCUT2D eigenvalue weighted by molar-refractivity contribution is 6.99. The molecule has 2 aliphatic rings. The Morgan fingerprint density at radius 1 is 1.03 bits per heavy atom. The van der Waals surface area contributed by atoms with Gasteiger partial charge in [0.25, 0.3) is 8.32 Å². The number of hydrogen-bond donors (Lipinski definition) is 0. The number of carbonyl (C=O) groups is 1. The summed E-state index contributed by atoms with van der Waals surface area (Å²) in [7, 11) is -2.65. The molecule has 0 N–H and O–H groups in total. The van der Waals surface area contributed by atoms with Crippen LogP contribution in [-0.2, 0) is 9.22 Å². The lowest BCUT2D eigenvalue weighted by molar-refractivity contribution is -0.120. The van der Waals surface area contributed by atoms with Crippen LogP contribution in [-0.4, -0.2) is 20.7 Å². The molecule has 34 heavy (non-hydrogen) atoms. The first-order chi connectivity index (χ1) is 16.3. The maximum Gasteiger partial charge on any atom is 0.261 e. The van der Waals surface area contributed by atoms with Crippen LogP contribution in [0.1, 0.15) is 59.3 Å². The second-order valence-corrected chi connectivity index (χ2v) is 15.4. The van der Waals surface area contributed by atoms with Gasteiger partial charge in [-0.05, 0) is 52.6 Å². The van der Waals surface area contributed by atoms with Crippen LogP contribution in [0.2, 0.25) is 5.04 Å². The van der Waals surface area contributed by atoms with E-state index in [1.807, 2.05) is 0 Å². The summed E-state index contributed by atoms with van der Waals surface area (Å²) in [6.07, 6.45) is 11.6. The normalized spacial score (nSPS) is 25.8. The summed E-state index contributed by atoms with van der Waals surface area (Å²) in [4.78, 5) is 12.9. The zero-order valence-electron chi connectivity index (χ0n) is 21.0. The summed E-state index contributed by atoms with van der Waals surface area (Å²) in [5, 5.41) is 2.49. The van der Waals surface area contributed by atoms with Crippen molar-refractivity contribution in [3.8, 4) is 12.3 Å². The number of rotatable bonds is 5. The number of Topliss-reactive ketones (excluding diaryl/α,β-unsaturated/α-hetero) is 1. The van der Waals surface area contributed by atoms with Crippen LogP contribution in [0.5, 0.6) is 0 Å². The molecular formula is C31H38O2Si. The number of carbonyl (C=O) groups excluding carboxylic acids is 1. The van der Waals surface area contributed by atoms with Crippen molar-refractivity contribution in [2.75, 3.05) is 6.61 Å². The van der Waals surface area contributed by atoms with Crippen molar-refractivity contribution in [2.24, 2.45) is 17.3 Å². The molecule has 2 fully saturated rings. The molecule has 2 aliphatic carbocycles. The van der Waals surface area contributed by atoms with Gasteiger partial charge >= 0.3 is 0 Å². The fourth-order valence-corrected chi connectivity index (χ4v) is 11.4. The molecule has 1 spiro atoms. The van der Waals surface area contributed by atoms with Crippen LogP contribution < -0.4 is 10.4 Å². The van der Waals surface area contributed by atoms with Crippen LogP contribution in [0.4, 0.5) is 0 Å². The third kappa shape index (κ3) is 4.02. The minimum absolute atomic E-state index is 0.0609. The molecule has 178 valence electrons. The minimum Gasteiger partial charge on any atom is -0.407 e. The molecule has 2 nitrogen and oxygen atoms in total. The predicted molar refractivity (Wildman–Crippen MR) is 144 cm³/mol. The Labute approximate surface area is 206 Å². The smallest absolute Gasteiger partial charge is 0.261 e. The highest BCUT2D eigenvalue weighted by Gasteiger charge is 2.55. The van der Waals surface area contributed by atoms with Crippen molar-refractivity contribution in [3.05, 3.63) is 72.8 Å². The monoisotopic (exact) mass is 470 g/mol. The van der Waals surface area contributed by atoms with Gasteiger partial charge in [-0.2, -0.15) is 0 Å². The van der Waals surface area contributed by atoms with E-state index in [0.717, 1.165) is 37.7 Å². The van der Waals surface area contributed by atoms with E-state index in [4.69, 9.17) is 10.8 Å². The lowest BCUT2D eigenvalue weighted by Crippen LogP contribution is -2.67. The van der Waals surface area contributed by atoms with Gasteiger partial charge in [-0.1, -0.05) is 94.4 Å². The Morgan fingerprint density at radius 2 is 1.62 bits per heavy atom. The molecule has 0 aliphatic heterocycles. The molecule has 0 bridgehead atoms. The number of benzene rings is 2. The number of allylic oxidation sites excluding steroid dienone is 1. The Hall–Kier alpha value is -2.41.